The minimum atomic E-state index is -0.188. The molecule has 0 amide bonds. The highest BCUT2D eigenvalue weighted by Crippen LogP contribution is 2.39. The van der Waals surface area contributed by atoms with E-state index in [0.717, 1.165) is 29.3 Å². The molecular formula is C14H16BrN3O. The first-order valence-corrected chi connectivity index (χ1v) is 7.25. The summed E-state index contributed by atoms with van der Waals surface area (Å²) >= 11 is 3.50. The molecule has 100 valence electrons. The van der Waals surface area contributed by atoms with Crippen LogP contribution in [0.15, 0.2) is 33.3 Å². The molecule has 0 radical (unpaired) electrons. The second kappa shape index (κ2) is 4.72. The summed E-state index contributed by atoms with van der Waals surface area (Å²) in [5.41, 5.74) is 6.94. The summed E-state index contributed by atoms with van der Waals surface area (Å²) in [6, 6.07) is 7.95. The van der Waals surface area contributed by atoms with Gasteiger partial charge >= 0.3 is 0 Å². The summed E-state index contributed by atoms with van der Waals surface area (Å²) in [6.07, 6.45) is 3.14. The lowest BCUT2D eigenvalue weighted by atomic mass is 9.85. The Morgan fingerprint density at radius 1 is 1.42 bits per heavy atom. The van der Waals surface area contributed by atoms with Gasteiger partial charge in [-0.2, -0.15) is 4.98 Å². The summed E-state index contributed by atoms with van der Waals surface area (Å²) in [6.45, 7) is 2.11. The Balaban J connectivity index is 1.98. The van der Waals surface area contributed by atoms with E-state index in [0.29, 0.717) is 11.7 Å². The maximum atomic E-state index is 6.19. The predicted octanol–water partition coefficient (Wildman–Crippen LogP) is 3.27. The third-order valence-electron chi connectivity index (χ3n) is 4.06. The largest absolute Gasteiger partial charge is 0.338 e. The van der Waals surface area contributed by atoms with Crippen molar-refractivity contribution in [1.29, 1.82) is 0 Å². The molecule has 0 bridgehead atoms. The Morgan fingerprint density at radius 3 is 2.89 bits per heavy atom. The van der Waals surface area contributed by atoms with Crippen LogP contribution in [0.1, 0.15) is 32.1 Å². The Labute approximate surface area is 120 Å². The van der Waals surface area contributed by atoms with Crippen molar-refractivity contribution in [3.63, 3.8) is 0 Å². The summed E-state index contributed by atoms with van der Waals surface area (Å²) in [5.74, 6) is 1.27. The minimum absolute atomic E-state index is 0.0972. The SMILES string of the molecule is CC1(c2nc(-c3ccccc3Br)no2)CCCC1N. The van der Waals surface area contributed by atoms with Crippen LogP contribution in [-0.4, -0.2) is 16.2 Å². The highest BCUT2D eigenvalue weighted by atomic mass is 79.9. The first-order chi connectivity index (χ1) is 9.11. The highest BCUT2D eigenvalue weighted by Gasteiger charge is 2.42. The van der Waals surface area contributed by atoms with E-state index in [9.17, 15) is 0 Å². The molecule has 0 aliphatic heterocycles. The summed E-state index contributed by atoms with van der Waals surface area (Å²) in [5, 5.41) is 4.10. The van der Waals surface area contributed by atoms with Gasteiger partial charge in [0.25, 0.3) is 0 Å². The molecule has 2 aromatic rings. The Bertz CT molecular complexity index is 598. The zero-order chi connectivity index (χ0) is 13.5. The van der Waals surface area contributed by atoms with Crippen molar-refractivity contribution >= 4 is 15.9 Å². The molecule has 1 heterocycles. The van der Waals surface area contributed by atoms with Crippen molar-refractivity contribution < 1.29 is 4.52 Å². The van der Waals surface area contributed by atoms with Gasteiger partial charge in [-0.15, -0.1) is 0 Å². The molecular weight excluding hydrogens is 306 g/mol. The second-order valence-corrected chi connectivity index (χ2v) is 6.17. The first kappa shape index (κ1) is 12.8. The fourth-order valence-corrected chi connectivity index (χ4v) is 3.13. The van der Waals surface area contributed by atoms with Gasteiger partial charge in [0.05, 0.1) is 5.41 Å². The Kier molecular flexibility index (Phi) is 3.19. The fourth-order valence-electron chi connectivity index (χ4n) is 2.67. The molecule has 1 aliphatic carbocycles. The number of halogens is 1. The number of rotatable bonds is 2. The van der Waals surface area contributed by atoms with Gasteiger partial charge in [-0.1, -0.05) is 39.6 Å². The molecule has 1 aromatic carbocycles. The second-order valence-electron chi connectivity index (χ2n) is 5.32. The monoisotopic (exact) mass is 321 g/mol. The summed E-state index contributed by atoms with van der Waals surface area (Å²) in [7, 11) is 0. The van der Waals surface area contributed by atoms with E-state index >= 15 is 0 Å². The number of aromatic nitrogens is 2. The van der Waals surface area contributed by atoms with E-state index in [2.05, 4.69) is 33.0 Å². The highest BCUT2D eigenvalue weighted by molar-refractivity contribution is 9.10. The van der Waals surface area contributed by atoms with Crippen LogP contribution in [0, 0.1) is 0 Å². The molecule has 1 aromatic heterocycles. The normalized spacial score (nSPS) is 26.8. The van der Waals surface area contributed by atoms with Crippen LogP contribution in [0.3, 0.4) is 0 Å². The third kappa shape index (κ3) is 2.11. The molecule has 0 spiro atoms. The minimum Gasteiger partial charge on any atom is -0.338 e. The zero-order valence-electron chi connectivity index (χ0n) is 10.8. The van der Waals surface area contributed by atoms with Gasteiger partial charge in [0.2, 0.25) is 11.7 Å². The number of hydrogen-bond acceptors (Lipinski definition) is 4. The van der Waals surface area contributed by atoms with Crippen molar-refractivity contribution in [2.75, 3.05) is 0 Å². The van der Waals surface area contributed by atoms with Gasteiger partial charge in [0.15, 0.2) is 0 Å². The lowest BCUT2D eigenvalue weighted by Crippen LogP contribution is -2.38. The molecule has 3 rings (SSSR count). The van der Waals surface area contributed by atoms with Gasteiger partial charge < -0.3 is 10.3 Å². The molecule has 2 N–H and O–H groups in total. The smallest absolute Gasteiger partial charge is 0.234 e. The van der Waals surface area contributed by atoms with Gasteiger partial charge in [-0.3, -0.25) is 0 Å². The lowest BCUT2D eigenvalue weighted by molar-refractivity contribution is 0.278. The number of nitrogens with two attached hydrogens (primary N) is 1. The molecule has 1 saturated carbocycles. The number of hydrogen-bond donors (Lipinski definition) is 1. The van der Waals surface area contributed by atoms with Crippen molar-refractivity contribution in [2.45, 2.75) is 37.6 Å². The van der Waals surface area contributed by atoms with E-state index in [1.54, 1.807) is 0 Å². The first-order valence-electron chi connectivity index (χ1n) is 6.46. The maximum absolute atomic E-state index is 6.19. The van der Waals surface area contributed by atoms with Crippen LogP contribution < -0.4 is 5.73 Å². The van der Waals surface area contributed by atoms with Crippen LogP contribution in [-0.2, 0) is 5.41 Å². The number of benzene rings is 1. The van der Waals surface area contributed by atoms with Crippen LogP contribution in [0.2, 0.25) is 0 Å². The van der Waals surface area contributed by atoms with E-state index in [1.807, 2.05) is 24.3 Å². The van der Waals surface area contributed by atoms with Crippen LogP contribution in [0.5, 0.6) is 0 Å². The van der Waals surface area contributed by atoms with Gasteiger partial charge in [0.1, 0.15) is 0 Å². The van der Waals surface area contributed by atoms with Crippen LogP contribution in [0.4, 0.5) is 0 Å². The molecule has 1 fully saturated rings. The molecule has 2 atom stereocenters. The average molecular weight is 322 g/mol. The molecule has 0 saturated heterocycles. The average Bonchev–Trinajstić information content (AvgIpc) is 2.99. The predicted molar refractivity (Wildman–Crippen MR) is 76.6 cm³/mol. The van der Waals surface area contributed by atoms with Crippen LogP contribution in [0.25, 0.3) is 11.4 Å². The third-order valence-corrected chi connectivity index (χ3v) is 4.75. The molecule has 2 unspecified atom stereocenters. The maximum Gasteiger partial charge on any atom is 0.234 e. The number of nitrogens with zero attached hydrogens (tertiary/aromatic N) is 2. The van der Waals surface area contributed by atoms with E-state index in [4.69, 9.17) is 10.3 Å². The quantitative estimate of drug-likeness (QED) is 0.921. The van der Waals surface area contributed by atoms with Crippen molar-refractivity contribution in [2.24, 2.45) is 5.73 Å². The lowest BCUT2D eigenvalue weighted by Gasteiger charge is -2.23. The van der Waals surface area contributed by atoms with Crippen molar-refractivity contribution in [3.05, 3.63) is 34.6 Å². The fraction of sp³-hybridized carbons (Fsp3) is 0.429. The van der Waals surface area contributed by atoms with Crippen LogP contribution >= 0.6 is 15.9 Å². The molecule has 4 nitrogen and oxygen atoms in total. The Morgan fingerprint density at radius 2 is 2.21 bits per heavy atom. The standard InChI is InChI=1S/C14H16BrN3O/c1-14(8-4-7-11(14)16)13-17-12(18-19-13)9-5-2-3-6-10(9)15/h2-3,5-6,11H,4,7-8,16H2,1H3. The van der Waals surface area contributed by atoms with Gasteiger partial charge in [0, 0.05) is 16.1 Å². The molecule has 19 heavy (non-hydrogen) atoms. The van der Waals surface area contributed by atoms with Crippen molar-refractivity contribution in [3.8, 4) is 11.4 Å². The van der Waals surface area contributed by atoms with Gasteiger partial charge in [-0.05, 0) is 31.9 Å². The zero-order valence-corrected chi connectivity index (χ0v) is 12.4. The van der Waals surface area contributed by atoms with E-state index in [-0.39, 0.29) is 11.5 Å². The molecule has 1 aliphatic rings. The molecule has 5 heteroatoms. The van der Waals surface area contributed by atoms with E-state index < -0.39 is 0 Å². The van der Waals surface area contributed by atoms with Gasteiger partial charge in [-0.25, -0.2) is 0 Å². The Hall–Kier alpha value is -1.20. The summed E-state index contributed by atoms with van der Waals surface area (Å²) < 4.78 is 6.43. The summed E-state index contributed by atoms with van der Waals surface area (Å²) in [4.78, 5) is 4.56. The topological polar surface area (TPSA) is 64.9 Å². The van der Waals surface area contributed by atoms with Crippen molar-refractivity contribution in [1.82, 2.24) is 10.1 Å². The van der Waals surface area contributed by atoms with E-state index in [1.165, 1.54) is 0 Å².